The monoisotopic (exact) mass is 402 g/mol. The summed E-state index contributed by atoms with van der Waals surface area (Å²) in [6.07, 6.45) is 3.96. The van der Waals surface area contributed by atoms with Crippen LogP contribution < -0.4 is 15.5 Å². The van der Waals surface area contributed by atoms with Crippen LogP contribution in [0.15, 0.2) is 42.0 Å². The minimum absolute atomic E-state index is 0.00483. The van der Waals surface area contributed by atoms with Gasteiger partial charge < -0.3 is 4.74 Å². The molecule has 2 N–H and O–H groups in total. The van der Waals surface area contributed by atoms with Gasteiger partial charge in [0, 0.05) is 0 Å². The van der Waals surface area contributed by atoms with Crippen molar-refractivity contribution < 1.29 is 23.9 Å². The fourth-order valence-corrected chi connectivity index (χ4v) is 2.95. The number of aromatic nitrogens is 3. The van der Waals surface area contributed by atoms with E-state index < -0.39 is 22.4 Å². The summed E-state index contributed by atoms with van der Waals surface area (Å²) in [6.45, 7) is -0.00483. The second kappa shape index (κ2) is 8.90. The third-order valence-electron chi connectivity index (χ3n) is 3.41. The maximum absolute atomic E-state index is 11.9. The summed E-state index contributed by atoms with van der Waals surface area (Å²) >= 11 is 0.766. The highest BCUT2D eigenvalue weighted by molar-refractivity contribution is 8.15. The number of thioether (sulfide) groups is 1. The predicted molar refractivity (Wildman–Crippen MR) is 97.4 cm³/mol. The van der Waals surface area contributed by atoms with Crippen molar-refractivity contribution in [1.82, 2.24) is 25.5 Å². The number of hydrogen-bond acceptors (Lipinski definition) is 9. The first-order chi connectivity index (χ1) is 13.5. The van der Waals surface area contributed by atoms with E-state index >= 15 is 0 Å². The number of amides is 3. The highest BCUT2D eigenvalue weighted by Crippen LogP contribution is 2.23. The van der Waals surface area contributed by atoms with E-state index in [4.69, 9.17) is 4.74 Å². The Labute approximate surface area is 162 Å². The zero-order valence-corrected chi connectivity index (χ0v) is 15.1. The second-order valence-electron chi connectivity index (χ2n) is 5.52. The van der Waals surface area contributed by atoms with Crippen molar-refractivity contribution in [2.75, 3.05) is 0 Å². The van der Waals surface area contributed by atoms with Gasteiger partial charge >= 0.3 is 5.97 Å². The van der Waals surface area contributed by atoms with Gasteiger partial charge in [0.05, 0.1) is 12.6 Å². The van der Waals surface area contributed by atoms with Gasteiger partial charge in [-0.3, -0.25) is 24.5 Å². The molecule has 1 aromatic carbocycles. The van der Waals surface area contributed by atoms with Crippen molar-refractivity contribution in [3.63, 3.8) is 0 Å². The average Bonchev–Trinajstić information content (AvgIpc) is 3.26. The first-order valence-electron chi connectivity index (χ1n) is 7.96. The Bertz CT molecular complexity index is 912. The molecule has 0 spiro atoms. The van der Waals surface area contributed by atoms with Crippen LogP contribution in [0.3, 0.4) is 0 Å². The topological polar surface area (TPSA) is 145 Å². The highest BCUT2D eigenvalue weighted by atomic mass is 32.2. The maximum atomic E-state index is 11.9. The molecule has 1 saturated heterocycles. The first-order valence-corrected chi connectivity index (χ1v) is 8.84. The molecule has 1 atom stereocenters. The van der Waals surface area contributed by atoms with Crippen LogP contribution in [0.25, 0.3) is 0 Å². The van der Waals surface area contributed by atoms with E-state index in [0.29, 0.717) is 5.56 Å². The summed E-state index contributed by atoms with van der Waals surface area (Å²) in [5.41, 5.74) is 3.02. The molecule has 1 aliphatic heterocycles. The van der Waals surface area contributed by atoms with Gasteiger partial charge in [0.2, 0.25) is 5.91 Å². The first kappa shape index (κ1) is 19.2. The van der Waals surface area contributed by atoms with Crippen LogP contribution >= 0.6 is 11.8 Å². The van der Waals surface area contributed by atoms with Crippen molar-refractivity contribution in [3.8, 4) is 5.75 Å². The Morgan fingerprint density at radius 2 is 2.11 bits per heavy atom. The Morgan fingerprint density at radius 3 is 2.75 bits per heavy atom. The minimum atomic E-state index is -0.771. The molecule has 12 heteroatoms. The molecule has 2 heterocycles. The second-order valence-corrected chi connectivity index (χ2v) is 6.69. The molecule has 0 saturated carbocycles. The minimum Gasteiger partial charge on any atom is -0.426 e. The molecular formula is C16H14N6O5S. The molecule has 0 bridgehead atoms. The molecular weight excluding hydrogens is 388 g/mol. The number of imide groups is 1. The van der Waals surface area contributed by atoms with Crippen LogP contribution in [0.5, 0.6) is 5.75 Å². The summed E-state index contributed by atoms with van der Waals surface area (Å²) in [6, 6.07) is 6.36. The van der Waals surface area contributed by atoms with Gasteiger partial charge in [0.1, 0.15) is 30.2 Å². The number of nitrogens with one attached hydrogen (secondary N) is 2. The Hall–Kier alpha value is -3.54. The van der Waals surface area contributed by atoms with E-state index in [0.717, 1.165) is 11.8 Å². The quantitative estimate of drug-likeness (QED) is 0.287. The van der Waals surface area contributed by atoms with E-state index in [1.165, 1.54) is 23.6 Å². The van der Waals surface area contributed by atoms with Gasteiger partial charge in [-0.2, -0.15) is 10.2 Å². The van der Waals surface area contributed by atoms with Gasteiger partial charge in [-0.15, -0.1) is 0 Å². The summed E-state index contributed by atoms with van der Waals surface area (Å²) in [4.78, 5) is 49.8. The number of carbonyl (C=O) groups is 4. The van der Waals surface area contributed by atoms with Crippen LogP contribution in [0.2, 0.25) is 0 Å². The predicted octanol–water partition coefficient (Wildman–Crippen LogP) is 0.0755. The Balaban J connectivity index is 1.45. The smallest absolute Gasteiger partial charge is 0.312 e. The summed E-state index contributed by atoms with van der Waals surface area (Å²) < 4.78 is 6.50. The van der Waals surface area contributed by atoms with Gasteiger partial charge in [-0.05, 0) is 29.8 Å². The molecule has 11 nitrogen and oxygen atoms in total. The number of rotatable bonds is 7. The van der Waals surface area contributed by atoms with E-state index in [2.05, 4.69) is 25.9 Å². The van der Waals surface area contributed by atoms with E-state index in [1.54, 1.807) is 24.3 Å². The summed E-state index contributed by atoms with van der Waals surface area (Å²) in [7, 11) is 0. The maximum Gasteiger partial charge on any atom is 0.312 e. The number of nitrogens with zero attached hydrogens (tertiary/aromatic N) is 4. The van der Waals surface area contributed by atoms with Gasteiger partial charge in [0.25, 0.3) is 11.1 Å². The molecule has 3 amide bonds. The van der Waals surface area contributed by atoms with Gasteiger partial charge in [-0.25, -0.2) is 15.1 Å². The average molecular weight is 402 g/mol. The van der Waals surface area contributed by atoms with Crippen LogP contribution in [-0.2, 0) is 20.9 Å². The van der Waals surface area contributed by atoms with Crippen molar-refractivity contribution >= 4 is 41.0 Å². The van der Waals surface area contributed by atoms with E-state index in [1.807, 2.05) is 0 Å². The third-order valence-corrected chi connectivity index (χ3v) is 4.39. The van der Waals surface area contributed by atoms with Crippen LogP contribution in [0.1, 0.15) is 12.0 Å². The number of ether oxygens (including phenoxy) is 1. The van der Waals surface area contributed by atoms with Crippen LogP contribution in [-0.4, -0.2) is 49.3 Å². The lowest BCUT2D eigenvalue weighted by atomic mass is 10.2. The molecule has 2 aromatic rings. The highest BCUT2D eigenvalue weighted by Gasteiger charge is 2.33. The zero-order valence-electron chi connectivity index (χ0n) is 14.3. The summed E-state index contributed by atoms with van der Waals surface area (Å²) in [5.74, 6) is -1.19. The molecule has 144 valence electrons. The number of esters is 1. The third kappa shape index (κ3) is 5.48. The summed E-state index contributed by atoms with van der Waals surface area (Å²) in [5, 5.41) is 8.50. The fraction of sp³-hybridized carbons (Fsp3) is 0.188. The van der Waals surface area contributed by atoms with Crippen molar-refractivity contribution in [2.45, 2.75) is 18.2 Å². The number of benzene rings is 1. The molecule has 1 aliphatic rings. The fourth-order valence-electron chi connectivity index (χ4n) is 2.15. The molecule has 0 aliphatic carbocycles. The van der Waals surface area contributed by atoms with Crippen molar-refractivity contribution in [3.05, 3.63) is 42.5 Å². The number of hydrazone groups is 1. The largest absolute Gasteiger partial charge is 0.426 e. The standard InChI is InChI=1S/C16H14N6O5S/c23-13(7-22-9-17-8-19-22)21-18-6-10-1-3-11(4-2-10)27-14(24)5-12-15(25)20-16(26)28-12/h1-4,6,8-9,12H,5,7H2,(H,21,23)(H,20,25,26)/b18-6+/t12-/m0/s1. The van der Waals surface area contributed by atoms with Crippen LogP contribution in [0.4, 0.5) is 4.79 Å². The zero-order chi connectivity index (χ0) is 19.9. The van der Waals surface area contributed by atoms with Gasteiger partial charge in [-0.1, -0.05) is 11.8 Å². The van der Waals surface area contributed by atoms with Crippen molar-refractivity contribution in [1.29, 1.82) is 0 Å². The molecule has 0 unspecified atom stereocenters. The van der Waals surface area contributed by atoms with Crippen LogP contribution in [0, 0.1) is 0 Å². The number of carbonyl (C=O) groups excluding carboxylic acids is 4. The lowest BCUT2D eigenvalue weighted by Gasteiger charge is -2.06. The Kier molecular flexibility index (Phi) is 6.11. The molecule has 28 heavy (non-hydrogen) atoms. The number of hydrogen-bond donors (Lipinski definition) is 2. The molecule has 3 rings (SSSR count). The Morgan fingerprint density at radius 1 is 1.32 bits per heavy atom. The van der Waals surface area contributed by atoms with E-state index in [-0.39, 0.29) is 24.6 Å². The molecule has 0 radical (unpaired) electrons. The van der Waals surface area contributed by atoms with Crippen molar-refractivity contribution in [2.24, 2.45) is 5.10 Å². The lowest BCUT2D eigenvalue weighted by Crippen LogP contribution is -2.27. The SMILES string of the molecule is O=C(Cn1cncn1)N/N=C/c1ccc(OC(=O)C[C@@H]2SC(=O)NC2=O)cc1. The van der Waals surface area contributed by atoms with Gasteiger partial charge in [0.15, 0.2) is 0 Å². The van der Waals surface area contributed by atoms with E-state index in [9.17, 15) is 19.2 Å². The molecule has 1 fully saturated rings. The normalized spacial score (nSPS) is 16.2. The lowest BCUT2D eigenvalue weighted by molar-refractivity contribution is -0.135. The molecule has 1 aromatic heterocycles.